The molecule has 7 nitrogen and oxygen atoms in total. The first-order valence-corrected chi connectivity index (χ1v) is 10.7. The molecule has 0 saturated heterocycles. The first kappa shape index (κ1) is 21.1. The van der Waals surface area contributed by atoms with Gasteiger partial charge in [-0.1, -0.05) is 6.92 Å². The van der Waals surface area contributed by atoms with Crippen LogP contribution in [0.5, 0.6) is 0 Å². The molecule has 2 heterocycles. The molecule has 1 atom stereocenters. The Kier molecular flexibility index (Phi) is 6.42. The first-order valence-electron chi connectivity index (χ1n) is 9.84. The number of aryl methyl sites for hydroxylation is 2. The summed E-state index contributed by atoms with van der Waals surface area (Å²) in [5, 5.41) is 0. The van der Waals surface area contributed by atoms with Crippen LogP contribution < -0.4 is 10.9 Å². The number of esters is 1. The normalized spacial score (nSPS) is 15.5. The Morgan fingerprint density at radius 1 is 1.24 bits per heavy atom. The molecule has 0 aliphatic heterocycles. The van der Waals surface area contributed by atoms with Crippen LogP contribution in [0.1, 0.15) is 62.1 Å². The van der Waals surface area contributed by atoms with E-state index in [1.54, 1.807) is 24.5 Å². The zero-order valence-corrected chi connectivity index (χ0v) is 18.1. The van der Waals surface area contributed by atoms with E-state index < -0.39 is 5.97 Å². The quantitative estimate of drug-likeness (QED) is 0.578. The third kappa shape index (κ3) is 4.70. The van der Waals surface area contributed by atoms with Gasteiger partial charge in [-0.15, -0.1) is 11.3 Å². The van der Waals surface area contributed by atoms with Crippen molar-refractivity contribution in [1.29, 1.82) is 0 Å². The fourth-order valence-electron chi connectivity index (χ4n) is 3.65. The molecule has 2 amide bonds. The van der Waals surface area contributed by atoms with Crippen LogP contribution in [0.25, 0.3) is 0 Å². The number of hydrazine groups is 1. The molecule has 0 aromatic carbocycles. The predicted molar refractivity (Wildman–Crippen MR) is 111 cm³/mol. The summed E-state index contributed by atoms with van der Waals surface area (Å²) < 4.78 is 6.76. The van der Waals surface area contributed by atoms with Gasteiger partial charge in [0.15, 0.2) is 0 Å². The standard InChI is InChI=1S/C21H27N3O4S/c1-5-28-21(27)16-9-13(3)24(14(16)4)11-19(25)22-23-20(26)18-10-15-8-12(2)6-7-17(15)29-18/h9-10,12H,5-8,11H2,1-4H3,(H,22,25)(H,23,26)/t12-/m1/s1. The smallest absolute Gasteiger partial charge is 0.339 e. The van der Waals surface area contributed by atoms with Crippen LogP contribution in [0.3, 0.4) is 0 Å². The molecule has 2 aromatic heterocycles. The van der Waals surface area contributed by atoms with Crippen LogP contribution in [-0.2, 0) is 28.9 Å². The zero-order chi connectivity index (χ0) is 21.1. The van der Waals surface area contributed by atoms with Crippen LogP contribution in [-0.4, -0.2) is 29.0 Å². The number of nitrogens with zero attached hydrogens (tertiary/aromatic N) is 1. The lowest BCUT2D eigenvalue weighted by Gasteiger charge is -2.16. The van der Waals surface area contributed by atoms with Gasteiger partial charge in [-0.05, 0) is 63.6 Å². The molecule has 0 radical (unpaired) electrons. The maximum Gasteiger partial charge on any atom is 0.339 e. The molecule has 2 N–H and O–H groups in total. The number of rotatable bonds is 5. The molecule has 0 saturated carbocycles. The lowest BCUT2D eigenvalue weighted by molar-refractivity contribution is -0.122. The molecule has 3 rings (SSSR count). The number of amides is 2. The van der Waals surface area contributed by atoms with Crippen LogP contribution >= 0.6 is 11.3 Å². The van der Waals surface area contributed by atoms with Gasteiger partial charge in [-0.3, -0.25) is 20.4 Å². The van der Waals surface area contributed by atoms with Crippen molar-refractivity contribution in [2.45, 2.75) is 53.5 Å². The largest absolute Gasteiger partial charge is 0.462 e. The van der Waals surface area contributed by atoms with Crippen molar-refractivity contribution >= 4 is 29.1 Å². The molecule has 0 spiro atoms. The van der Waals surface area contributed by atoms with Crippen LogP contribution in [0.4, 0.5) is 0 Å². The van der Waals surface area contributed by atoms with Gasteiger partial charge in [0, 0.05) is 16.3 Å². The Labute approximate surface area is 174 Å². The second-order valence-corrected chi connectivity index (χ2v) is 8.64. The number of fused-ring (bicyclic) bond motifs is 1. The van der Waals surface area contributed by atoms with Crippen LogP contribution in [0, 0.1) is 19.8 Å². The summed E-state index contributed by atoms with van der Waals surface area (Å²) >= 11 is 1.50. The summed E-state index contributed by atoms with van der Waals surface area (Å²) in [6.07, 6.45) is 3.16. The average Bonchev–Trinajstić information content (AvgIpc) is 3.22. The molecule has 0 fully saturated rings. The summed E-state index contributed by atoms with van der Waals surface area (Å²) in [5.74, 6) is -0.444. The van der Waals surface area contributed by atoms with Gasteiger partial charge in [-0.2, -0.15) is 0 Å². The van der Waals surface area contributed by atoms with Crippen molar-refractivity contribution in [2.24, 2.45) is 5.92 Å². The molecular weight excluding hydrogens is 390 g/mol. The van der Waals surface area contributed by atoms with E-state index in [9.17, 15) is 14.4 Å². The van der Waals surface area contributed by atoms with Gasteiger partial charge in [0.25, 0.3) is 11.8 Å². The third-order valence-corrected chi connectivity index (χ3v) is 6.48. The second-order valence-electron chi connectivity index (χ2n) is 7.50. The Morgan fingerprint density at radius 2 is 2.00 bits per heavy atom. The van der Waals surface area contributed by atoms with E-state index in [1.165, 1.54) is 21.8 Å². The van der Waals surface area contributed by atoms with Gasteiger partial charge < -0.3 is 9.30 Å². The van der Waals surface area contributed by atoms with E-state index >= 15 is 0 Å². The van der Waals surface area contributed by atoms with Crippen molar-refractivity contribution in [3.8, 4) is 0 Å². The highest BCUT2D eigenvalue weighted by molar-refractivity contribution is 7.14. The number of hydrogen-bond donors (Lipinski definition) is 2. The van der Waals surface area contributed by atoms with Crippen molar-refractivity contribution < 1.29 is 19.1 Å². The Bertz CT molecular complexity index is 944. The van der Waals surface area contributed by atoms with E-state index in [0.29, 0.717) is 28.7 Å². The molecule has 0 bridgehead atoms. The molecule has 1 aliphatic carbocycles. The van der Waals surface area contributed by atoms with E-state index in [1.807, 2.05) is 13.0 Å². The molecule has 1 aliphatic rings. The third-order valence-electron chi connectivity index (χ3n) is 5.24. The Balaban J connectivity index is 1.59. The van der Waals surface area contributed by atoms with E-state index in [-0.39, 0.29) is 18.4 Å². The van der Waals surface area contributed by atoms with Gasteiger partial charge in [0.1, 0.15) is 6.54 Å². The Hall–Kier alpha value is -2.61. The summed E-state index contributed by atoms with van der Waals surface area (Å²) in [5.41, 5.74) is 8.08. The maximum atomic E-state index is 12.4. The van der Waals surface area contributed by atoms with Crippen molar-refractivity contribution in [1.82, 2.24) is 15.4 Å². The minimum Gasteiger partial charge on any atom is -0.462 e. The number of carbonyl (C=O) groups is 3. The number of ether oxygens (including phenoxy) is 1. The number of aromatic nitrogens is 1. The van der Waals surface area contributed by atoms with Gasteiger partial charge in [-0.25, -0.2) is 4.79 Å². The minimum absolute atomic E-state index is 0.00416. The van der Waals surface area contributed by atoms with Gasteiger partial charge in [0.05, 0.1) is 17.0 Å². The highest BCUT2D eigenvalue weighted by Crippen LogP contribution is 2.32. The number of hydrogen-bond acceptors (Lipinski definition) is 5. The zero-order valence-electron chi connectivity index (χ0n) is 17.3. The molecule has 29 heavy (non-hydrogen) atoms. The average molecular weight is 418 g/mol. The topological polar surface area (TPSA) is 89.4 Å². The van der Waals surface area contributed by atoms with Gasteiger partial charge in [0.2, 0.25) is 0 Å². The predicted octanol–water partition coefficient (Wildman–Crippen LogP) is 2.93. The lowest BCUT2D eigenvalue weighted by atomic mass is 9.90. The molecule has 8 heteroatoms. The Morgan fingerprint density at radius 3 is 2.72 bits per heavy atom. The SMILES string of the molecule is CCOC(=O)c1cc(C)n(CC(=O)NNC(=O)c2cc3c(s2)CC[C@@H](C)C3)c1C. The maximum absolute atomic E-state index is 12.4. The van der Waals surface area contributed by atoms with E-state index in [4.69, 9.17) is 4.74 Å². The lowest BCUT2D eigenvalue weighted by Crippen LogP contribution is -2.43. The van der Waals surface area contributed by atoms with Crippen molar-refractivity contribution in [3.63, 3.8) is 0 Å². The van der Waals surface area contributed by atoms with E-state index in [0.717, 1.165) is 25.0 Å². The molecular formula is C21H27N3O4S. The molecule has 0 unspecified atom stereocenters. The molecule has 2 aromatic rings. The summed E-state index contributed by atoms with van der Waals surface area (Å²) in [6, 6.07) is 3.64. The fraction of sp³-hybridized carbons (Fsp3) is 0.476. The van der Waals surface area contributed by atoms with Crippen LogP contribution in [0.15, 0.2) is 12.1 Å². The van der Waals surface area contributed by atoms with Crippen LogP contribution in [0.2, 0.25) is 0 Å². The number of thiophene rings is 1. The van der Waals surface area contributed by atoms with Crippen molar-refractivity contribution in [3.05, 3.63) is 44.4 Å². The van der Waals surface area contributed by atoms with Gasteiger partial charge >= 0.3 is 5.97 Å². The second kappa shape index (κ2) is 8.82. The summed E-state index contributed by atoms with van der Waals surface area (Å²) in [6.45, 7) is 7.84. The number of carbonyl (C=O) groups excluding carboxylic acids is 3. The first-order chi connectivity index (χ1) is 13.8. The molecule has 156 valence electrons. The minimum atomic E-state index is -0.406. The summed E-state index contributed by atoms with van der Waals surface area (Å²) in [4.78, 5) is 38.6. The highest BCUT2D eigenvalue weighted by atomic mass is 32.1. The highest BCUT2D eigenvalue weighted by Gasteiger charge is 2.21. The monoisotopic (exact) mass is 417 g/mol. The fourth-order valence-corrected chi connectivity index (χ4v) is 4.75. The van der Waals surface area contributed by atoms with Crippen molar-refractivity contribution in [2.75, 3.05) is 6.61 Å². The van der Waals surface area contributed by atoms with E-state index in [2.05, 4.69) is 17.8 Å². The summed E-state index contributed by atoms with van der Waals surface area (Å²) in [7, 11) is 0. The number of nitrogens with one attached hydrogen (secondary N) is 2.